The maximum absolute atomic E-state index is 13.1. The van der Waals surface area contributed by atoms with Crippen LogP contribution in [0, 0.1) is 0 Å². The quantitative estimate of drug-likeness (QED) is 0.309. The number of thioether (sulfide) groups is 1. The van der Waals surface area contributed by atoms with Gasteiger partial charge in [-0.25, -0.2) is 9.59 Å². The van der Waals surface area contributed by atoms with Gasteiger partial charge in [-0.05, 0) is 45.4 Å². The first-order chi connectivity index (χ1) is 14.8. The van der Waals surface area contributed by atoms with E-state index in [2.05, 4.69) is 10.6 Å². The zero-order valence-electron chi connectivity index (χ0n) is 18.0. The number of carbonyl (C=O) groups excluding carboxylic acids is 3. The van der Waals surface area contributed by atoms with Crippen molar-refractivity contribution in [3.05, 3.63) is 57.4 Å². The Bertz CT molecular complexity index is 900. The van der Waals surface area contributed by atoms with Crippen LogP contribution in [0.25, 0.3) is 0 Å². The predicted molar refractivity (Wildman–Crippen MR) is 121 cm³/mol. The highest BCUT2D eigenvalue weighted by atomic mass is 35.5. The Morgan fingerprint density at radius 1 is 1.23 bits per heavy atom. The monoisotopic (exact) mass is 466 g/mol. The molecule has 0 bridgehead atoms. The molecule has 1 aromatic carbocycles. The number of hydrogen-bond acceptors (Lipinski definition) is 7. The summed E-state index contributed by atoms with van der Waals surface area (Å²) in [6.07, 6.45) is 0.630. The summed E-state index contributed by atoms with van der Waals surface area (Å²) in [5, 5.41) is 6.18. The van der Waals surface area contributed by atoms with E-state index in [1.54, 1.807) is 39.0 Å². The van der Waals surface area contributed by atoms with Crippen LogP contribution in [0.3, 0.4) is 0 Å². The average molecular weight is 467 g/mol. The van der Waals surface area contributed by atoms with Crippen molar-refractivity contribution in [3.63, 3.8) is 0 Å². The average Bonchev–Trinajstić information content (AvgIpc) is 2.72. The number of nitrogens with one attached hydrogen (secondary N) is 2. The Morgan fingerprint density at radius 2 is 1.87 bits per heavy atom. The molecular formula is C22H27ClN2O5S. The summed E-state index contributed by atoms with van der Waals surface area (Å²) in [5.41, 5.74) is 2.53. The van der Waals surface area contributed by atoms with E-state index in [4.69, 9.17) is 21.1 Å². The van der Waals surface area contributed by atoms with Gasteiger partial charge >= 0.3 is 11.9 Å². The van der Waals surface area contributed by atoms with Crippen molar-refractivity contribution in [2.75, 3.05) is 19.0 Å². The van der Waals surface area contributed by atoms with Crippen molar-refractivity contribution in [3.8, 4) is 0 Å². The molecule has 0 saturated carbocycles. The lowest BCUT2D eigenvalue weighted by Gasteiger charge is -2.32. The van der Waals surface area contributed by atoms with E-state index in [1.807, 2.05) is 13.0 Å². The molecule has 1 aromatic rings. The van der Waals surface area contributed by atoms with Gasteiger partial charge in [0.2, 0.25) is 6.41 Å². The molecule has 2 N–H and O–H groups in total. The van der Waals surface area contributed by atoms with Crippen molar-refractivity contribution in [2.45, 2.75) is 39.0 Å². The molecule has 1 amide bonds. The summed E-state index contributed by atoms with van der Waals surface area (Å²) >= 11 is 7.66. The van der Waals surface area contributed by atoms with E-state index in [-0.39, 0.29) is 18.6 Å². The number of amides is 1. The molecule has 2 atom stereocenters. The molecule has 0 saturated heterocycles. The molecule has 31 heavy (non-hydrogen) atoms. The van der Waals surface area contributed by atoms with E-state index >= 15 is 0 Å². The van der Waals surface area contributed by atoms with Gasteiger partial charge in [0.1, 0.15) is 0 Å². The summed E-state index contributed by atoms with van der Waals surface area (Å²) in [7, 11) is 0. The van der Waals surface area contributed by atoms with Crippen LogP contribution < -0.4 is 10.6 Å². The van der Waals surface area contributed by atoms with Gasteiger partial charge in [-0.3, -0.25) is 4.79 Å². The fourth-order valence-electron chi connectivity index (χ4n) is 3.31. The van der Waals surface area contributed by atoms with E-state index in [1.165, 1.54) is 11.8 Å². The molecular weight excluding hydrogens is 440 g/mol. The smallest absolute Gasteiger partial charge is 0.336 e. The standard InChI is InChI=1S/C22H27ClN2O5S/c1-5-29-21(27)18-13(3)25-17(11-31-14(4)24-12-26)20(22(28)30-6-2)19(18)15-8-7-9-16(23)10-15/h7-10,12,14,19,25H,5-6,11H2,1-4H3,(H,24,26). The summed E-state index contributed by atoms with van der Waals surface area (Å²) in [4.78, 5) is 36.7. The topological polar surface area (TPSA) is 93.7 Å². The van der Waals surface area contributed by atoms with Gasteiger partial charge in [0.15, 0.2) is 0 Å². The lowest BCUT2D eigenvalue weighted by Crippen LogP contribution is -2.34. The van der Waals surface area contributed by atoms with Gasteiger partial charge in [0.25, 0.3) is 0 Å². The number of halogens is 1. The second kappa shape index (κ2) is 11.8. The van der Waals surface area contributed by atoms with Gasteiger partial charge in [0, 0.05) is 22.2 Å². The SMILES string of the molecule is CCOC(=O)C1=C(C)NC(CSC(C)NC=O)=C(C(=O)OCC)C1c1cccc(Cl)c1. The molecule has 1 heterocycles. The molecule has 0 aromatic heterocycles. The summed E-state index contributed by atoms with van der Waals surface area (Å²) in [5.74, 6) is -1.36. The third-order valence-corrected chi connectivity index (χ3v) is 5.92. The van der Waals surface area contributed by atoms with Crippen molar-refractivity contribution in [1.82, 2.24) is 10.6 Å². The van der Waals surface area contributed by atoms with Gasteiger partial charge in [-0.15, -0.1) is 11.8 Å². The summed E-state index contributed by atoms with van der Waals surface area (Å²) in [6, 6.07) is 7.04. The van der Waals surface area contributed by atoms with Gasteiger partial charge < -0.3 is 20.1 Å². The van der Waals surface area contributed by atoms with Crippen LogP contribution in [-0.4, -0.2) is 42.7 Å². The number of ether oxygens (including phenoxy) is 2. The molecule has 1 aliphatic heterocycles. The minimum Gasteiger partial charge on any atom is -0.463 e. The highest BCUT2D eigenvalue weighted by molar-refractivity contribution is 8.00. The van der Waals surface area contributed by atoms with E-state index in [9.17, 15) is 14.4 Å². The Kier molecular flexibility index (Phi) is 9.45. The van der Waals surface area contributed by atoms with Crippen LogP contribution >= 0.6 is 23.4 Å². The number of carbonyl (C=O) groups is 3. The minimum absolute atomic E-state index is 0.171. The van der Waals surface area contributed by atoms with Crippen LogP contribution in [0.5, 0.6) is 0 Å². The first-order valence-corrected chi connectivity index (χ1v) is 11.4. The van der Waals surface area contributed by atoms with Crippen LogP contribution in [0.4, 0.5) is 0 Å². The van der Waals surface area contributed by atoms with Gasteiger partial charge in [0.05, 0.1) is 35.7 Å². The van der Waals surface area contributed by atoms with Crippen LogP contribution in [0.2, 0.25) is 5.02 Å². The normalized spacial score (nSPS) is 17.0. The van der Waals surface area contributed by atoms with Crippen molar-refractivity contribution in [1.29, 1.82) is 0 Å². The fraction of sp³-hybridized carbons (Fsp3) is 0.409. The predicted octanol–water partition coefficient (Wildman–Crippen LogP) is 3.51. The number of benzene rings is 1. The number of allylic oxidation sites excluding steroid dienone is 1. The number of rotatable bonds is 10. The minimum atomic E-state index is -0.706. The number of dihydropyridines is 1. The molecule has 0 radical (unpaired) electrons. The molecule has 0 fully saturated rings. The summed E-state index contributed by atoms with van der Waals surface area (Å²) in [6.45, 7) is 7.45. The molecule has 1 aliphatic rings. The lowest BCUT2D eigenvalue weighted by molar-refractivity contribution is -0.139. The number of esters is 2. The molecule has 2 unspecified atom stereocenters. The maximum Gasteiger partial charge on any atom is 0.336 e. The lowest BCUT2D eigenvalue weighted by atomic mass is 9.80. The van der Waals surface area contributed by atoms with Gasteiger partial charge in [-0.1, -0.05) is 23.7 Å². The molecule has 7 nitrogen and oxygen atoms in total. The molecule has 168 valence electrons. The van der Waals surface area contributed by atoms with Crippen molar-refractivity contribution in [2.24, 2.45) is 0 Å². The zero-order chi connectivity index (χ0) is 23.0. The van der Waals surface area contributed by atoms with E-state index in [0.717, 1.165) is 0 Å². The largest absolute Gasteiger partial charge is 0.463 e. The first kappa shape index (κ1) is 24.8. The van der Waals surface area contributed by atoms with Crippen LogP contribution in [0.15, 0.2) is 46.8 Å². The van der Waals surface area contributed by atoms with E-state index in [0.29, 0.717) is 45.3 Å². The Hall–Kier alpha value is -2.45. The third-order valence-electron chi connectivity index (χ3n) is 4.60. The second-order valence-electron chi connectivity index (χ2n) is 6.72. The zero-order valence-corrected chi connectivity index (χ0v) is 19.6. The second-order valence-corrected chi connectivity index (χ2v) is 8.49. The Morgan fingerprint density at radius 3 is 2.45 bits per heavy atom. The van der Waals surface area contributed by atoms with E-state index < -0.39 is 17.9 Å². The maximum atomic E-state index is 13.1. The van der Waals surface area contributed by atoms with Crippen LogP contribution in [-0.2, 0) is 23.9 Å². The Balaban J connectivity index is 2.63. The van der Waals surface area contributed by atoms with Crippen molar-refractivity contribution >= 4 is 41.7 Å². The van der Waals surface area contributed by atoms with Crippen molar-refractivity contribution < 1.29 is 23.9 Å². The molecule has 0 spiro atoms. The first-order valence-electron chi connectivity index (χ1n) is 9.95. The highest BCUT2D eigenvalue weighted by Gasteiger charge is 2.39. The Labute approximate surface area is 191 Å². The third kappa shape index (κ3) is 6.27. The molecule has 9 heteroatoms. The van der Waals surface area contributed by atoms with Gasteiger partial charge in [-0.2, -0.15) is 0 Å². The molecule has 2 rings (SSSR count). The molecule has 0 aliphatic carbocycles. The fourth-order valence-corrected chi connectivity index (χ4v) is 4.31. The number of hydrogen-bond donors (Lipinski definition) is 2. The van der Waals surface area contributed by atoms with Crippen LogP contribution in [0.1, 0.15) is 39.2 Å². The highest BCUT2D eigenvalue weighted by Crippen LogP contribution is 2.40. The summed E-state index contributed by atoms with van der Waals surface area (Å²) < 4.78 is 10.6.